The van der Waals surface area contributed by atoms with Crippen molar-refractivity contribution < 1.29 is 18.8 Å². The Balaban J connectivity index is 1.90. The molecule has 4 rings (SSSR count). The van der Waals surface area contributed by atoms with E-state index in [0.717, 1.165) is 5.56 Å². The third kappa shape index (κ3) is 6.84. The van der Waals surface area contributed by atoms with Crippen LogP contribution in [0.2, 0.25) is 0 Å². The molecule has 1 atom stereocenters. The zero-order valence-corrected chi connectivity index (χ0v) is 25.7. The number of rotatable bonds is 10. The van der Waals surface area contributed by atoms with E-state index in [1.165, 1.54) is 24.3 Å². The molecule has 0 spiro atoms. The number of pyridine rings is 1. The topological polar surface area (TPSA) is 109 Å². The third-order valence-electron chi connectivity index (χ3n) is 7.73. The predicted molar refractivity (Wildman–Crippen MR) is 171 cm³/mol. The Morgan fingerprint density at radius 1 is 0.886 bits per heavy atom. The number of anilines is 1. The van der Waals surface area contributed by atoms with Gasteiger partial charge in [-0.1, -0.05) is 32.0 Å². The molecule has 1 heterocycles. The summed E-state index contributed by atoms with van der Waals surface area (Å²) in [5.74, 6) is -1.24. The van der Waals surface area contributed by atoms with Crippen molar-refractivity contribution in [3.8, 4) is 11.3 Å². The summed E-state index contributed by atoms with van der Waals surface area (Å²) in [7, 11) is 3.21. The molecule has 44 heavy (non-hydrogen) atoms. The van der Waals surface area contributed by atoms with Crippen LogP contribution in [0.5, 0.6) is 0 Å². The maximum atomic E-state index is 14.0. The maximum absolute atomic E-state index is 14.0. The van der Waals surface area contributed by atoms with Crippen molar-refractivity contribution in [3.05, 3.63) is 122 Å². The minimum atomic E-state index is -0.531. The van der Waals surface area contributed by atoms with Gasteiger partial charge in [0.25, 0.3) is 11.5 Å². The van der Waals surface area contributed by atoms with Crippen molar-refractivity contribution in [1.82, 2.24) is 15.2 Å². The molecule has 3 aromatic carbocycles. The largest absolute Gasteiger partial charge is 0.355 e. The average Bonchev–Trinajstić information content (AvgIpc) is 3.02. The van der Waals surface area contributed by atoms with E-state index in [9.17, 15) is 23.6 Å². The van der Waals surface area contributed by atoms with Crippen LogP contribution >= 0.6 is 0 Å². The van der Waals surface area contributed by atoms with Crippen LogP contribution in [0.15, 0.2) is 77.6 Å². The van der Waals surface area contributed by atoms with E-state index in [0.29, 0.717) is 39.1 Å². The van der Waals surface area contributed by atoms with E-state index >= 15 is 0 Å². The Bertz CT molecular complexity index is 1780. The smallest absolute Gasteiger partial charge is 0.275 e. The molecule has 3 N–H and O–H groups in total. The lowest BCUT2D eigenvalue weighted by Crippen LogP contribution is -2.37. The number of nitrogens with one attached hydrogen (secondary N) is 3. The van der Waals surface area contributed by atoms with Gasteiger partial charge in [-0.05, 0) is 98.1 Å². The number of carbonyl (C=O) groups is 3. The monoisotopic (exact) mass is 596 g/mol. The number of hydrogen-bond acceptors (Lipinski definition) is 5. The molecule has 1 aromatic heterocycles. The predicted octanol–water partition coefficient (Wildman–Crippen LogP) is 5.27. The lowest BCUT2D eigenvalue weighted by molar-refractivity contribution is -0.117. The molecule has 0 saturated heterocycles. The number of amides is 2. The molecule has 4 aromatic rings. The zero-order valence-electron chi connectivity index (χ0n) is 25.7. The van der Waals surface area contributed by atoms with E-state index in [2.05, 4.69) is 16.0 Å². The summed E-state index contributed by atoms with van der Waals surface area (Å²) in [6, 6.07) is 19.0. The van der Waals surface area contributed by atoms with Gasteiger partial charge >= 0.3 is 0 Å². The molecular weight excluding hydrogens is 559 g/mol. The molecule has 228 valence electrons. The molecule has 2 amide bonds. The lowest BCUT2D eigenvalue weighted by atomic mass is 9.93. The molecule has 8 nitrogen and oxygen atoms in total. The number of carbonyl (C=O) groups excluding carboxylic acids is 3. The fourth-order valence-electron chi connectivity index (χ4n) is 4.96. The molecule has 0 aliphatic heterocycles. The van der Waals surface area contributed by atoms with E-state index in [4.69, 9.17) is 0 Å². The van der Waals surface area contributed by atoms with E-state index in [-0.39, 0.29) is 35.7 Å². The van der Waals surface area contributed by atoms with E-state index < -0.39 is 17.4 Å². The summed E-state index contributed by atoms with van der Waals surface area (Å²) < 4.78 is 15.1. The van der Waals surface area contributed by atoms with Crippen molar-refractivity contribution in [3.63, 3.8) is 0 Å². The zero-order chi connectivity index (χ0) is 32.1. The second-order valence-corrected chi connectivity index (χ2v) is 11.0. The number of halogens is 1. The SMILES string of the molecule is CNC(=O)c1cccc(-c2ccc(NC(=O)[C@H](C)NC)c(=O)n2Cc2cc(C(=O)c3ccc(F)cc3)cc(C(C)C)c2)c1C. The highest BCUT2D eigenvalue weighted by atomic mass is 19.1. The highest BCUT2D eigenvalue weighted by Gasteiger charge is 2.20. The number of benzene rings is 3. The Morgan fingerprint density at radius 3 is 2.23 bits per heavy atom. The molecule has 9 heteroatoms. The van der Waals surface area contributed by atoms with Crippen LogP contribution in [0, 0.1) is 12.7 Å². The normalized spacial score (nSPS) is 11.7. The number of ketones is 1. The summed E-state index contributed by atoms with van der Waals surface area (Å²) in [5.41, 5.74) is 4.38. The summed E-state index contributed by atoms with van der Waals surface area (Å²) in [6.45, 7) is 7.60. The average molecular weight is 597 g/mol. The van der Waals surface area contributed by atoms with Gasteiger partial charge in [0.2, 0.25) is 5.91 Å². The first-order valence-corrected chi connectivity index (χ1v) is 14.4. The fraction of sp³-hybridized carbons (Fsp3) is 0.257. The molecule has 0 radical (unpaired) electrons. The van der Waals surface area contributed by atoms with Gasteiger partial charge in [-0.3, -0.25) is 19.2 Å². The van der Waals surface area contributed by atoms with Crippen LogP contribution in [0.25, 0.3) is 11.3 Å². The van der Waals surface area contributed by atoms with E-state index in [1.54, 1.807) is 55.9 Å². The molecule has 0 aliphatic carbocycles. The Morgan fingerprint density at radius 2 is 1.59 bits per heavy atom. The van der Waals surface area contributed by atoms with Gasteiger partial charge in [-0.15, -0.1) is 0 Å². The fourth-order valence-corrected chi connectivity index (χ4v) is 4.96. The van der Waals surface area contributed by atoms with Crippen LogP contribution in [-0.4, -0.2) is 42.3 Å². The van der Waals surface area contributed by atoms with Gasteiger partial charge in [-0.25, -0.2) is 4.39 Å². The van der Waals surface area contributed by atoms with Crippen molar-refractivity contribution in [2.24, 2.45) is 0 Å². The van der Waals surface area contributed by atoms with Crippen LogP contribution < -0.4 is 21.5 Å². The first kappa shape index (κ1) is 32.0. The first-order chi connectivity index (χ1) is 20.9. The van der Waals surface area contributed by atoms with Gasteiger partial charge in [0.05, 0.1) is 18.3 Å². The molecule has 0 bridgehead atoms. The molecule has 0 unspecified atom stereocenters. The Kier molecular flexibility index (Phi) is 9.90. The second kappa shape index (κ2) is 13.6. The summed E-state index contributed by atoms with van der Waals surface area (Å²) in [4.78, 5) is 52.8. The van der Waals surface area contributed by atoms with Gasteiger partial charge in [0, 0.05) is 29.3 Å². The van der Waals surface area contributed by atoms with Gasteiger partial charge in [0.15, 0.2) is 5.78 Å². The highest BCUT2D eigenvalue weighted by Crippen LogP contribution is 2.28. The molecule has 0 fully saturated rings. The first-order valence-electron chi connectivity index (χ1n) is 14.4. The Labute approximate surface area is 256 Å². The van der Waals surface area contributed by atoms with Crippen LogP contribution in [0.1, 0.15) is 69.7 Å². The van der Waals surface area contributed by atoms with Gasteiger partial charge < -0.3 is 20.5 Å². The van der Waals surface area contributed by atoms with Crippen molar-refractivity contribution in [2.75, 3.05) is 19.4 Å². The van der Waals surface area contributed by atoms with Gasteiger partial charge in [0.1, 0.15) is 11.5 Å². The van der Waals surface area contributed by atoms with Crippen LogP contribution in [0.3, 0.4) is 0 Å². The number of likely N-dealkylation sites (N-methyl/N-ethyl adjacent to an activating group) is 1. The number of aromatic nitrogens is 1. The second-order valence-electron chi connectivity index (χ2n) is 11.0. The summed E-state index contributed by atoms with van der Waals surface area (Å²) >= 11 is 0. The van der Waals surface area contributed by atoms with Crippen LogP contribution in [-0.2, 0) is 11.3 Å². The summed E-state index contributed by atoms with van der Waals surface area (Å²) in [6.07, 6.45) is 0. The minimum Gasteiger partial charge on any atom is -0.355 e. The molecular formula is C35H37FN4O4. The lowest BCUT2D eigenvalue weighted by Gasteiger charge is -2.20. The van der Waals surface area contributed by atoms with Crippen LogP contribution in [0.4, 0.5) is 10.1 Å². The quantitative estimate of drug-likeness (QED) is 0.216. The molecule has 0 saturated carbocycles. The van der Waals surface area contributed by atoms with Crippen molar-refractivity contribution >= 4 is 23.3 Å². The highest BCUT2D eigenvalue weighted by molar-refractivity contribution is 6.09. The standard InChI is InChI=1S/C35H37FN4O4/c1-20(2)25-16-23(17-26(18-25)32(41)24-10-12-27(36)13-11-24)19-40-31(28-8-7-9-29(21(28)3)34(43)38-6)15-14-30(35(40)44)39-33(42)22(4)37-5/h7-18,20,22,37H,19H2,1-6H3,(H,38,43)(H,39,42)/t22-/m0/s1. The maximum Gasteiger partial charge on any atom is 0.275 e. The van der Waals surface area contributed by atoms with E-state index in [1.807, 2.05) is 39.0 Å². The van der Waals surface area contributed by atoms with Gasteiger partial charge in [-0.2, -0.15) is 0 Å². The van der Waals surface area contributed by atoms with Crippen molar-refractivity contribution in [2.45, 2.75) is 46.2 Å². The molecule has 0 aliphatic rings. The minimum absolute atomic E-state index is 0.0750. The number of hydrogen-bond donors (Lipinski definition) is 3. The van der Waals surface area contributed by atoms with Crippen molar-refractivity contribution in [1.29, 1.82) is 0 Å². The summed E-state index contributed by atoms with van der Waals surface area (Å²) in [5, 5.41) is 8.24. The third-order valence-corrected chi connectivity index (χ3v) is 7.73. The Hall–Kier alpha value is -4.89. The number of nitrogens with zero attached hydrogens (tertiary/aromatic N) is 1.